The third kappa shape index (κ3) is 2.28. The third-order valence-corrected chi connectivity index (χ3v) is 4.65. The zero-order chi connectivity index (χ0) is 14.1. The topological polar surface area (TPSA) is 77.1 Å². The smallest absolute Gasteiger partial charge is 0.275 e. The van der Waals surface area contributed by atoms with Gasteiger partial charge in [-0.05, 0) is 37.0 Å². The molecule has 0 atom stereocenters. The van der Waals surface area contributed by atoms with Crippen LogP contribution in [-0.4, -0.2) is 10.5 Å². The van der Waals surface area contributed by atoms with Gasteiger partial charge in [0.05, 0.1) is 11.4 Å². The SMILES string of the molecule is NNC(=O)c1ccc(Cn2c3c(ccc2=O)CCC3)s1. The second kappa shape index (κ2) is 5.22. The number of carbonyl (C=O) groups is 1. The van der Waals surface area contributed by atoms with Crippen molar-refractivity contribution in [3.05, 3.63) is 55.6 Å². The monoisotopic (exact) mass is 289 g/mol. The zero-order valence-electron chi connectivity index (χ0n) is 10.9. The highest BCUT2D eigenvalue weighted by Crippen LogP contribution is 2.22. The van der Waals surface area contributed by atoms with Gasteiger partial charge in [-0.25, -0.2) is 5.84 Å². The number of hydrogen-bond acceptors (Lipinski definition) is 4. The number of nitrogens with zero attached hydrogens (tertiary/aromatic N) is 1. The highest BCUT2D eigenvalue weighted by atomic mass is 32.1. The van der Waals surface area contributed by atoms with Crippen LogP contribution in [0.3, 0.4) is 0 Å². The van der Waals surface area contributed by atoms with Gasteiger partial charge >= 0.3 is 0 Å². The Hall–Kier alpha value is -1.92. The molecule has 0 spiro atoms. The maximum Gasteiger partial charge on any atom is 0.275 e. The first-order valence-corrected chi connectivity index (χ1v) is 7.32. The summed E-state index contributed by atoms with van der Waals surface area (Å²) in [6.45, 7) is 0.518. The molecule has 0 aliphatic heterocycles. The van der Waals surface area contributed by atoms with Crippen LogP contribution >= 0.6 is 11.3 Å². The molecule has 0 radical (unpaired) electrons. The lowest BCUT2D eigenvalue weighted by Gasteiger charge is -2.10. The second-order valence-electron chi connectivity index (χ2n) is 4.82. The van der Waals surface area contributed by atoms with Crippen molar-refractivity contribution in [1.82, 2.24) is 9.99 Å². The molecular formula is C14H15N3O2S. The van der Waals surface area contributed by atoms with E-state index in [1.54, 1.807) is 12.1 Å². The molecule has 104 valence electrons. The Labute approximate surface area is 120 Å². The van der Waals surface area contributed by atoms with Crippen LogP contribution in [0.5, 0.6) is 0 Å². The molecule has 1 aliphatic carbocycles. The number of nitrogens with one attached hydrogen (secondary N) is 1. The first-order valence-electron chi connectivity index (χ1n) is 6.50. The number of carbonyl (C=O) groups excluding carboxylic acids is 1. The van der Waals surface area contributed by atoms with Gasteiger partial charge in [-0.3, -0.25) is 15.0 Å². The summed E-state index contributed by atoms with van der Waals surface area (Å²) < 4.78 is 1.82. The van der Waals surface area contributed by atoms with E-state index in [4.69, 9.17) is 5.84 Å². The molecule has 1 amide bonds. The average Bonchev–Trinajstić information content (AvgIpc) is 3.10. The molecule has 5 nitrogen and oxygen atoms in total. The van der Waals surface area contributed by atoms with E-state index in [0.717, 1.165) is 29.8 Å². The molecule has 2 aromatic rings. The summed E-state index contributed by atoms with van der Waals surface area (Å²) in [7, 11) is 0. The van der Waals surface area contributed by atoms with E-state index in [9.17, 15) is 9.59 Å². The number of fused-ring (bicyclic) bond motifs is 1. The van der Waals surface area contributed by atoms with E-state index in [0.29, 0.717) is 11.4 Å². The lowest BCUT2D eigenvalue weighted by atomic mass is 10.2. The summed E-state index contributed by atoms with van der Waals surface area (Å²) in [5, 5.41) is 0. The minimum absolute atomic E-state index is 0.0175. The van der Waals surface area contributed by atoms with Crippen molar-refractivity contribution in [3.8, 4) is 0 Å². The van der Waals surface area contributed by atoms with Crippen LogP contribution in [0.25, 0.3) is 0 Å². The fraction of sp³-hybridized carbons (Fsp3) is 0.286. The second-order valence-corrected chi connectivity index (χ2v) is 5.99. The van der Waals surface area contributed by atoms with Crippen molar-refractivity contribution in [3.63, 3.8) is 0 Å². The number of nitrogen functional groups attached to an aromatic ring is 1. The molecule has 1 aliphatic rings. The van der Waals surface area contributed by atoms with Crippen LogP contribution in [0.4, 0.5) is 0 Å². The number of aryl methyl sites for hydroxylation is 1. The molecule has 20 heavy (non-hydrogen) atoms. The molecule has 0 bridgehead atoms. The predicted molar refractivity (Wildman–Crippen MR) is 77.8 cm³/mol. The van der Waals surface area contributed by atoms with Gasteiger partial charge in [0.15, 0.2) is 0 Å². The van der Waals surface area contributed by atoms with E-state index >= 15 is 0 Å². The van der Waals surface area contributed by atoms with Crippen LogP contribution < -0.4 is 16.8 Å². The molecule has 2 heterocycles. The fourth-order valence-corrected chi connectivity index (χ4v) is 3.52. The van der Waals surface area contributed by atoms with E-state index in [1.807, 2.05) is 16.7 Å². The van der Waals surface area contributed by atoms with Crippen LogP contribution in [0.1, 0.15) is 32.2 Å². The number of pyridine rings is 1. The molecule has 0 aromatic carbocycles. The normalized spacial score (nSPS) is 13.2. The van der Waals surface area contributed by atoms with Crippen LogP contribution in [-0.2, 0) is 19.4 Å². The van der Waals surface area contributed by atoms with Crippen molar-refractivity contribution in [2.45, 2.75) is 25.8 Å². The molecule has 2 aromatic heterocycles. The maximum absolute atomic E-state index is 12.0. The van der Waals surface area contributed by atoms with Crippen molar-refractivity contribution in [2.75, 3.05) is 0 Å². The lowest BCUT2D eigenvalue weighted by molar-refractivity contribution is 0.0957. The summed E-state index contributed by atoms with van der Waals surface area (Å²) in [6, 6.07) is 7.17. The maximum atomic E-state index is 12.0. The predicted octanol–water partition coefficient (Wildman–Crippen LogP) is 1.05. The van der Waals surface area contributed by atoms with E-state index in [1.165, 1.54) is 16.9 Å². The van der Waals surface area contributed by atoms with E-state index in [2.05, 4.69) is 5.43 Å². The Morgan fingerprint density at radius 3 is 2.95 bits per heavy atom. The van der Waals surface area contributed by atoms with Gasteiger partial charge in [0.25, 0.3) is 11.5 Å². The molecule has 0 fully saturated rings. The van der Waals surface area contributed by atoms with Gasteiger partial charge in [-0.1, -0.05) is 6.07 Å². The van der Waals surface area contributed by atoms with E-state index in [-0.39, 0.29) is 11.5 Å². The standard InChI is InChI=1S/C14H15N3O2S/c15-16-14(19)12-6-5-10(20-12)8-17-11-3-1-2-9(11)4-7-13(17)18/h4-7H,1-3,8,15H2,(H,16,19). The van der Waals surface area contributed by atoms with Crippen LogP contribution in [0.15, 0.2) is 29.1 Å². The van der Waals surface area contributed by atoms with Gasteiger partial charge in [0.1, 0.15) is 0 Å². The number of rotatable bonds is 3. The van der Waals surface area contributed by atoms with Gasteiger partial charge in [-0.15, -0.1) is 11.3 Å². The fourth-order valence-electron chi connectivity index (χ4n) is 2.62. The minimum atomic E-state index is -0.299. The van der Waals surface area contributed by atoms with Crippen molar-refractivity contribution in [1.29, 1.82) is 0 Å². The van der Waals surface area contributed by atoms with Gasteiger partial charge in [-0.2, -0.15) is 0 Å². The van der Waals surface area contributed by atoms with Crippen LogP contribution in [0, 0.1) is 0 Å². The number of hydrazine groups is 1. The minimum Gasteiger partial charge on any atom is -0.307 e. The summed E-state index contributed by atoms with van der Waals surface area (Å²) in [5.41, 5.74) is 4.53. The van der Waals surface area contributed by atoms with Crippen molar-refractivity contribution >= 4 is 17.2 Å². The summed E-state index contributed by atoms with van der Waals surface area (Å²) in [5.74, 6) is 4.82. The molecule has 3 N–H and O–H groups in total. The van der Waals surface area contributed by atoms with Crippen LogP contribution in [0.2, 0.25) is 0 Å². The van der Waals surface area contributed by atoms with Gasteiger partial charge in [0.2, 0.25) is 0 Å². The Balaban J connectivity index is 1.92. The Morgan fingerprint density at radius 1 is 1.30 bits per heavy atom. The number of nitrogens with two attached hydrogens (primary N) is 1. The van der Waals surface area contributed by atoms with Crippen molar-refractivity contribution in [2.24, 2.45) is 5.84 Å². The summed E-state index contributed by atoms with van der Waals surface area (Å²) in [6.07, 6.45) is 3.10. The molecule has 0 saturated carbocycles. The molecular weight excluding hydrogens is 274 g/mol. The average molecular weight is 289 g/mol. The Bertz CT molecular complexity index is 717. The molecule has 3 rings (SSSR count). The lowest BCUT2D eigenvalue weighted by Crippen LogP contribution is -2.29. The molecule has 6 heteroatoms. The first-order chi connectivity index (χ1) is 9.69. The van der Waals surface area contributed by atoms with Gasteiger partial charge in [0, 0.05) is 16.6 Å². The Morgan fingerprint density at radius 2 is 2.15 bits per heavy atom. The quantitative estimate of drug-likeness (QED) is 0.504. The van der Waals surface area contributed by atoms with Crippen molar-refractivity contribution < 1.29 is 4.79 Å². The number of aromatic nitrogens is 1. The number of thiophene rings is 1. The first kappa shape index (κ1) is 13.1. The highest BCUT2D eigenvalue weighted by molar-refractivity contribution is 7.14. The largest absolute Gasteiger partial charge is 0.307 e. The molecule has 0 unspecified atom stereocenters. The zero-order valence-corrected chi connectivity index (χ0v) is 11.7. The summed E-state index contributed by atoms with van der Waals surface area (Å²) >= 11 is 1.36. The van der Waals surface area contributed by atoms with E-state index < -0.39 is 0 Å². The number of hydrogen-bond donors (Lipinski definition) is 2. The summed E-state index contributed by atoms with van der Waals surface area (Å²) in [4.78, 5) is 25.0. The van der Waals surface area contributed by atoms with Gasteiger partial charge < -0.3 is 4.57 Å². The number of amides is 1. The Kier molecular flexibility index (Phi) is 3.42. The molecule has 0 saturated heterocycles. The highest BCUT2D eigenvalue weighted by Gasteiger charge is 2.16. The third-order valence-electron chi connectivity index (χ3n) is 3.58.